The van der Waals surface area contributed by atoms with E-state index >= 15 is 0 Å². The predicted octanol–water partition coefficient (Wildman–Crippen LogP) is 5.41. The third-order valence-corrected chi connectivity index (χ3v) is 7.32. The van der Waals surface area contributed by atoms with Crippen LogP contribution in [0.3, 0.4) is 0 Å². The Bertz CT molecular complexity index is 1140. The molecule has 8 heteroatoms. The average Bonchev–Trinajstić information content (AvgIpc) is 3.31. The lowest BCUT2D eigenvalue weighted by Gasteiger charge is -2.06. The number of thiophene rings is 2. The number of carboxylic acids is 2. The molecule has 150 valence electrons. The Morgan fingerprint density at radius 3 is 1.37 bits per heavy atom. The largest absolute Gasteiger partial charge is 0.477 e. The maximum absolute atomic E-state index is 11.7. The van der Waals surface area contributed by atoms with Crippen LogP contribution >= 0.6 is 22.7 Å². The molecule has 30 heavy (non-hydrogen) atoms. The lowest BCUT2D eigenvalue weighted by molar-refractivity contribution is 0.0692. The van der Waals surface area contributed by atoms with Gasteiger partial charge in [0.15, 0.2) is 0 Å². The standard InChI is InChI=1S/C22H16N2O4S2/c1-3-15-13(9-23)17(19(29-15)21(25)26)11-5-7-12(8-6-11)18-14(10-24)16(4-2)30-20(18)22(27)28/h5-8H,3-4H2,1-2H3,(H,25,26)(H,27,28). The van der Waals surface area contributed by atoms with Crippen LogP contribution in [0.25, 0.3) is 22.3 Å². The number of nitriles is 2. The van der Waals surface area contributed by atoms with Crippen molar-refractivity contribution in [2.75, 3.05) is 0 Å². The lowest BCUT2D eigenvalue weighted by Crippen LogP contribution is -1.97. The molecule has 3 aromatic rings. The minimum atomic E-state index is -1.10. The highest BCUT2D eigenvalue weighted by Gasteiger charge is 2.25. The molecule has 0 atom stereocenters. The fourth-order valence-corrected chi connectivity index (χ4v) is 5.45. The van der Waals surface area contributed by atoms with Gasteiger partial charge in [0.05, 0.1) is 11.1 Å². The number of carboxylic acid groups (broad SMARTS) is 2. The summed E-state index contributed by atoms with van der Waals surface area (Å²) in [4.78, 5) is 25.1. The summed E-state index contributed by atoms with van der Waals surface area (Å²) in [5.41, 5.74) is 2.56. The second-order valence-electron chi connectivity index (χ2n) is 6.33. The topological polar surface area (TPSA) is 122 Å². The van der Waals surface area contributed by atoms with E-state index in [1.54, 1.807) is 24.3 Å². The number of nitrogens with zero attached hydrogens (tertiary/aromatic N) is 2. The van der Waals surface area contributed by atoms with Gasteiger partial charge in [-0.3, -0.25) is 0 Å². The molecule has 0 aliphatic carbocycles. The van der Waals surface area contributed by atoms with Crippen molar-refractivity contribution in [1.29, 1.82) is 10.5 Å². The number of benzene rings is 1. The molecule has 3 rings (SSSR count). The summed E-state index contributed by atoms with van der Waals surface area (Å²) in [7, 11) is 0. The Hall–Kier alpha value is -3.46. The predicted molar refractivity (Wildman–Crippen MR) is 115 cm³/mol. The second kappa shape index (κ2) is 8.50. The van der Waals surface area contributed by atoms with Crippen molar-refractivity contribution in [3.63, 3.8) is 0 Å². The quantitative estimate of drug-likeness (QED) is 0.533. The van der Waals surface area contributed by atoms with Gasteiger partial charge in [-0.15, -0.1) is 22.7 Å². The number of hydrogen-bond donors (Lipinski definition) is 2. The van der Waals surface area contributed by atoms with Gasteiger partial charge in [0, 0.05) is 20.9 Å². The number of aryl methyl sites for hydroxylation is 2. The van der Waals surface area contributed by atoms with Crippen LogP contribution in [0.4, 0.5) is 0 Å². The van der Waals surface area contributed by atoms with Crippen molar-refractivity contribution in [2.45, 2.75) is 26.7 Å². The van der Waals surface area contributed by atoms with Crippen LogP contribution in [0, 0.1) is 22.7 Å². The Morgan fingerprint density at radius 1 is 0.800 bits per heavy atom. The van der Waals surface area contributed by atoms with Crippen molar-refractivity contribution < 1.29 is 19.8 Å². The maximum atomic E-state index is 11.7. The van der Waals surface area contributed by atoms with E-state index in [0.29, 0.717) is 56.0 Å². The van der Waals surface area contributed by atoms with Gasteiger partial charge in [0.25, 0.3) is 0 Å². The molecule has 0 saturated carbocycles. The summed E-state index contributed by atoms with van der Waals surface area (Å²) >= 11 is 2.18. The number of carbonyl (C=O) groups is 2. The zero-order valence-electron chi connectivity index (χ0n) is 16.1. The molecule has 1 aromatic carbocycles. The fourth-order valence-electron chi connectivity index (χ4n) is 3.35. The molecule has 2 heterocycles. The van der Waals surface area contributed by atoms with Crippen LogP contribution in [0.15, 0.2) is 24.3 Å². The molecular weight excluding hydrogens is 420 g/mol. The Balaban J connectivity index is 2.20. The first kappa shape index (κ1) is 21.3. The van der Waals surface area contributed by atoms with E-state index in [0.717, 1.165) is 22.7 Å². The van der Waals surface area contributed by atoms with Gasteiger partial charge in [0.1, 0.15) is 21.9 Å². The van der Waals surface area contributed by atoms with Crippen molar-refractivity contribution in [3.8, 4) is 34.4 Å². The van der Waals surface area contributed by atoms with Crippen LogP contribution in [-0.2, 0) is 12.8 Å². The van der Waals surface area contributed by atoms with Gasteiger partial charge in [-0.1, -0.05) is 38.1 Å². The van der Waals surface area contributed by atoms with Gasteiger partial charge in [-0.25, -0.2) is 9.59 Å². The normalized spacial score (nSPS) is 10.4. The zero-order chi connectivity index (χ0) is 22.0. The summed E-state index contributed by atoms with van der Waals surface area (Å²) in [5.74, 6) is -2.19. The van der Waals surface area contributed by atoms with Crippen LogP contribution in [-0.4, -0.2) is 22.2 Å². The first-order chi connectivity index (χ1) is 14.4. The van der Waals surface area contributed by atoms with Crippen LogP contribution < -0.4 is 0 Å². The molecule has 0 radical (unpaired) electrons. The van der Waals surface area contributed by atoms with Crippen molar-refractivity contribution in [1.82, 2.24) is 0 Å². The van der Waals surface area contributed by atoms with Crippen LogP contribution in [0.2, 0.25) is 0 Å². The fraction of sp³-hybridized carbons (Fsp3) is 0.182. The van der Waals surface area contributed by atoms with Gasteiger partial charge < -0.3 is 10.2 Å². The van der Waals surface area contributed by atoms with E-state index < -0.39 is 11.9 Å². The van der Waals surface area contributed by atoms with E-state index in [1.165, 1.54) is 0 Å². The van der Waals surface area contributed by atoms with Gasteiger partial charge in [-0.2, -0.15) is 10.5 Å². The summed E-state index contributed by atoms with van der Waals surface area (Å²) in [6.07, 6.45) is 1.10. The van der Waals surface area contributed by atoms with E-state index in [-0.39, 0.29) is 9.75 Å². The maximum Gasteiger partial charge on any atom is 0.346 e. The molecule has 0 aliphatic rings. The summed E-state index contributed by atoms with van der Waals surface area (Å²) in [6, 6.07) is 10.9. The Labute approximate surface area is 180 Å². The summed E-state index contributed by atoms with van der Waals surface area (Å²) in [5, 5.41) is 38.3. The number of aromatic carboxylic acids is 2. The Kier molecular flexibility index (Phi) is 6.02. The monoisotopic (exact) mass is 436 g/mol. The smallest absolute Gasteiger partial charge is 0.346 e. The third kappa shape index (κ3) is 3.48. The molecule has 2 N–H and O–H groups in total. The first-order valence-electron chi connectivity index (χ1n) is 9.06. The highest BCUT2D eigenvalue weighted by Crippen LogP contribution is 2.40. The minimum absolute atomic E-state index is 0.101. The first-order valence-corrected chi connectivity index (χ1v) is 10.7. The molecule has 0 amide bonds. The molecule has 2 aromatic heterocycles. The molecule has 0 bridgehead atoms. The van der Waals surface area contributed by atoms with Gasteiger partial charge in [0.2, 0.25) is 0 Å². The third-order valence-electron chi connectivity index (χ3n) is 4.68. The minimum Gasteiger partial charge on any atom is -0.477 e. The van der Waals surface area contributed by atoms with E-state index in [2.05, 4.69) is 12.1 Å². The Morgan fingerprint density at radius 2 is 1.13 bits per heavy atom. The highest BCUT2D eigenvalue weighted by molar-refractivity contribution is 7.15. The van der Waals surface area contributed by atoms with Crippen molar-refractivity contribution in [2.24, 2.45) is 0 Å². The SMILES string of the molecule is CCc1sc(C(=O)O)c(-c2ccc(-c3c(C(=O)O)sc(CC)c3C#N)cc2)c1C#N. The summed E-state index contributed by atoms with van der Waals surface area (Å²) < 4.78 is 0. The van der Waals surface area contributed by atoms with Crippen molar-refractivity contribution >= 4 is 34.6 Å². The van der Waals surface area contributed by atoms with E-state index in [9.17, 15) is 30.3 Å². The van der Waals surface area contributed by atoms with Crippen molar-refractivity contribution in [3.05, 3.63) is 54.9 Å². The molecule has 0 saturated heterocycles. The summed E-state index contributed by atoms with van der Waals surface area (Å²) in [6.45, 7) is 3.73. The molecule has 0 fully saturated rings. The molecule has 6 nitrogen and oxygen atoms in total. The molecular formula is C22H16N2O4S2. The van der Waals surface area contributed by atoms with Gasteiger partial charge in [-0.05, 0) is 24.0 Å². The lowest BCUT2D eigenvalue weighted by atomic mass is 9.95. The second-order valence-corrected chi connectivity index (χ2v) is 8.54. The molecule has 0 unspecified atom stereocenters. The van der Waals surface area contributed by atoms with Gasteiger partial charge >= 0.3 is 11.9 Å². The number of rotatable bonds is 6. The van der Waals surface area contributed by atoms with Crippen LogP contribution in [0.1, 0.15) is 54.1 Å². The number of hydrogen-bond acceptors (Lipinski definition) is 6. The zero-order valence-corrected chi connectivity index (χ0v) is 17.8. The van der Waals surface area contributed by atoms with Crippen LogP contribution in [0.5, 0.6) is 0 Å². The average molecular weight is 437 g/mol. The highest BCUT2D eigenvalue weighted by atomic mass is 32.1. The molecule has 0 aliphatic heterocycles. The van der Waals surface area contributed by atoms with E-state index in [4.69, 9.17) is 0 Å². The van der Waals surface area contributed by atoms with E-state index in [1.807, 2.05) is 13.8 Å². The molecule has 0 spiro atoms.